The van der Waals surface area contributed by atoms with Gasteiger partial charge in [0.05, 0.1) is 0 Å². The molecule has 0 aliphatic rings. The van der Waals surface area contributed by atoms with Gasteiger partial charge in [0.25, 0.3) is 5.91 Å². The third-order valence-corrected chi connectivity index (χ3v) is 1.70. The highest BCUT2D eigenvalue weighted by Crippen LogP contribution is 2.12. The largest absolute Gasteiger partial charge is 0.292 e. The van der Waals surface area contributed by atoms with Crippen LogP contribution in [0.2, 0.25) is 0 Å². The number of hydrogen-bond acceptors (Lipinski definition) is 2. The van der Waals surface area contributed by atoms with Gasteiger partial charge in [-0.1, -0.05) is 26.8 Å². The number of allylic oxidation sites excluding steroid dienone is 1. The first kappa shape index (κ1) is 11.9. The first-order valence-electron chi connectivity index (χ1n) is 4.27. The van der Waals surface area contributed by atoms with Gasteiger partial charge in [0.1, 0.15) is 0 Å². The van der Waals surface area contributed by atoms with Crippen LogP contribution in [-0.4, -0.2) is 11.8 Å². The molecule has 0 saturated carbocycles. The van der Waals surface area contributed by atoms with E-state index >= 15 is 0 Å². The zero-order chi connectivity index (χ0) is 10.6. The van der Waals surface area contributed by atoms with Crippen molar-refractivity contribution < 1.29 is 9.59 Å². The van der Waals surface area contributed by atoms with Crippen LogP contribution >= 0.6 is 0 Å². The molecular weight excluding hydrogens is 166 g/mol. The van der Waals surface area contributed by atoms with Crippen LogP contribution in [-0.2, 0) is 9.59 Å². The Morgan fingerprint density at radius 3 is 2.00 bits per heavy atom. The Hall–Kier alpha value is -1.12. The minimum absolute atomic E-state index is 0.251. The highest BCUT2D eigenvalue weighted by atomic mass is 16.2. The average Bonchev–Trinajstić information content (AvgIpc) is 2.01. The van der Waals surface area contributed by atoms with E-state index in [0.717, 1.165) is 0 Å². The summed E-state index contributed by atoms with van der Waals surface area (Å²) in [5, 5.41) is 2.32. The average molecular weight is 183 g/mol. The van der Waals surface area contributed by atoms with Crippen LogP contribution in [0.5, 0.6) is 0 Å². The second-order valence-corrected chi connectivity index (χ2v) is 4.00. The van der Waals surface area contributed by atoms with E-state index in [1.54, 1.807) is 40.7 Å². The summed E-state index contributed by atoms with van der Waals surface area (Å²) in [5.74, 6) is -0.568. The number of carbonyl (C=O) groups is 2. The van der Waals surface area contributed by atoms with Gasteiger partial charge in [-0.05, 0) is 13.8 Å². The van der Waals surface area contributed by atoms with Gasteiger partial charge in [0, 0.05) is 11.0 Å². The van der Waals surface area contributed by atoms with E-state index in [1.165, 1.54) is 0 Å². The van der Waals surface area contributed by atoms with Crippen molar-refractivity contribution in [3.63, 3.8) is 0 Å². The van der Waals surface area contributed by atoms with Crippen molar-refractivity contribution in [1.29, 1.82) is 0 Å². The van der Waals surface area contributed by atoms with Crippen molar-refractivity contribution in [2.24, 2.45) is 5.41 Å². The van der Waals surface area contributed by atoms with E-state index in [-0.39, 0.29) is 11.8 Å². The van der Waals surface area contributed by atoms with Crippen LogP contribution in [0.1, 0.15) is 34.6 Å². The van der Waals surface area contributed by atoms with E-state index in [2.05, 4.69) is 5.32 Å². The summed E-state index contributed by atoms with van der Waals surface area (Å²) < 4.78 is 0. The van der Waals surface area contributed by atoms with Crippen molar-refractivity contribution in [3.8, 4) is 0 Å². The maximum atomic E-state index is 11.3. The van der Waals surface area contributed by atoms with Crippen molar-refractivity contribution >= 4 is 11.8 Å². The third-order valence-electron chi connectivity index (χ3n) is 1.70. The molecule has 0 radical (unpaired) electrons. The molecular formula is C10H17NO2. The minimum Gasteiger partial charge on any atom is -0.292 e. The molecule has 0 rings (SSSR count). The molecule has 3 heteroatoms. The smallest absolute Gasteiger partial charge is 0.253 e. The molecule has 0 bridgehead atoms. The fraction of sp³-hybridized carbons (Fsp3) is 0.600. The fourth-order valence-electron chi connectivity index (χ4n) is 0.520. The molecule has 1 N–H and O–H groups in total. The Morgan fingerprint density at radius 1 is 1.23 bits per heavy atom. The maximum Gasteiger partial charge on any atom is 0.253 e. The standard InChI is InChI=1S/C10H17NO2/c1-6-7(2)8(12)11-9(13)10(3,4)5/h6H,1-5H3,(H,11,12,13)/b7-6+. The molecule has 0 aliphatic carbocycles. The lowest BCUT2D eigenvalue weighted by atomic mass is 9.95. The Labute approximate surface area is 79.2 Å². The van der Waals surface area contributed by atoms with Crippen LogP contribution in [0, 0.1) is 5.41 Å². The Balaban J connectivity index is 4.33. The van der Waals surface area contributed by atoms with E-state index in [9.17, 15) is 9.59 Å². The molecule has 0 heterocycles. The highest BCUT2D eigenvalue weighted by molar-refractivity contribution is 6.05. The van der Waals surface area contributed by atoms with Crippen LogP contribution in [0.25, 0.3) is 0 Å². The lowest BCUT2D eigenvalue weighted by molar-refractivity contribution is -0.133. The molecule has 0 aromatic heterocycles. The summed E-state index contributed by atoms with van der Waals surface area (Å²) >= 11 is 0. The summed E-state index contributed by atoms with van der Waals surface area (Å²) in [6.07, 6.45) is 1.67. The molecule has 0 saturated heterocycles. The summed E-state index contributed by atoms with van der Waals surface area (Å²) in [7, 11) is 0. The van der Waals surface area contributed by atoms with Crippen LogP contribution in [0.4, 0.5) is 0 Å². The summed E-state index contributed by atoms with van der Waals surface area (Å²) in [6, 6.07) is 0. The number of hydrogen-bond donors (Lipinski definition) is 1. The predicted octanol–water partition coefficient (Wildman–Crippen LogP) is 1.64. The molecule has 0 unspecified atom stereocenters. The predicted molar refractivity (Wildman–Crippen MR) is 52.0 cm³/mol. The highest BCUT2D eigenvalue weighted by Gasteiger charge is 2.23. The molecule has 2 amide bonds. The number of nitrogens with one attached hydrogen (secondary N) is 1. The normalized spacial score (nSPS) is 12.5. The molecule has 0 atom stereocenters. The quantitative estimate of drug-likeness (QED) is 0.628. The van der Waals surface area contributed by atoms with Gasteiger partial charge >= 0.3 is 0 Å². The Bertz CT molecular complexity index is 246. The SMILES string of the molecule is C/C=C(\C)C(=O)NC(=O)C(C)(C)C. The minimum atomic E-state index is -0.524. The van der Waals surface area contributed by atoms with E-state index in [0.29, 0.717) is 5.57 Å². The Kier molecular flexibility index (Phi) is 3.85. The van der Waals surface area contributed by atoms with Gasteiger partial charge in [-0.3, -0.25) is 14.9 Å². The molecule has 74 valence electrons. The van der Waals surface area contributed by atoms with Crippen molar-refractivity contribution in [2.75, 3.05) is 0 Å². The molecule has 13 heavy (non-hydrogen) atoms. The van der Waals surface area contributed by atoms with Crippen molar-refractivity contribution in [1.82, 2.24) is 5.32 Å². The van der Waals surface area contributed by atoms with E-state index in [1.807, 2.05) is 0 Å². The third kappa shape index (κ3) is 3.87. The van der Waals surface area contributed by atoms with Crippen molar-refractivity contribution in [2.45, 2.75) is 34.6 Å². The lowest BCUT2D eigenvalue weighted by Crippen LogP contribution is -2.39. The Morgan fingerprint density at radius 2 is 1.69 bits per heavy atom. The zero-order valence-corrected chi connectivity index (χ0v) is 8.89. The number of rotatable bonds is 1. The van der Waals surface area contributed by atoms with Crippen LogP contribution in [0.3, 0.4) is 0 Å². The number of amides is 2. The van der Waals surface area contributed by atoms with E-state index in [4.69, 9.17) is 0 Å². The first-order chi connectivity index (χ1) is 5.79. The van der Waals surface area contributed by atoms with Crippen LogP contribution < -0.4 is 5.32 Å². The molecule has 0 aliphatic heterocycles. The first-order valence-corrected chi connectivity index (χ1v) is 4.27. The lowest BCUT2D eigenvalue weighted by Gasteiger charge is -2.16. The van der Waals surface area contributed by atoms with Gasteiger partial charge in [-0.2, -0.15) is 0 Å². The molecule has 3 nitrogen and oxygen atoms in total. The zero-order valence-electron chi connectivity index (χ0n) is 8.89. The summed E-state index contributed by atoms with van der Waals surface area (Å²) in [6.45, 7) is 8.73. The van der Waals surface area contributed by atoms with Gasteiger partial charge < -0.3 is 0 Å². The second-order valence-electron chi connectivity index (χ2n) is 4.00. The molecule has 0 spiro atoms. The summed E-state index contributed by atoms with van der Waals surface area (Å²) in [5.41, 5.74) is 0.0292. The van der Waals surface area contributed by atoms with E-state index < -0.39 is 5.41 Å². The molecule has 0 fully saturated rings. The number of carbonyl (C=O) groups excluding carboxylic acids is 2. The topological polar surface area (TPSA) is 46.2 Å². The number of imide groups is 1. The van der Waals surface area contributed by atoms with Gasteiger partial charge in [0.15, 0.2) is 0 Å². The second kappa shape index (κ2) is 4.21. The fourth-order valence-corrected chi connectivity index (χ4v) is 0.520. The van der Waals surface area contributed by atoms with Crippen LogP contribution in [0.15, 0.2) is 11.6 Å². The van der Waals surface area contributed by atoms with Gasteiger partial charge in [-0.15, -0.1) is 0 Å². The molecule has 0 aromatic carbocycles. The monoisotopic (exact) mass is 183 g/mol. The van der Waals surface area contributed by atoms with Crippen molar-refractivity contribution in [3.05, 3.63) is 11.6 Å². The summed E-state index contributed by atoms with van der Waals surface area (Å²) in [4.78, 5) is 22.6. The molecule has 0 aromatic rings. The maximum absolute atomic E-state index is 11.3. The van der Waals surface area contributed by atoms with Gasteiger partial charge in [0.2, 0.25) is 5.91 Å². The van der Waals surface area contributed by atoms with Gasteiger partial charge in [-0.25, -0.2) is 0 Å².